The molecule has 0 radical (unpaired) electrons. The maximum atomic E-state index is 12.2. The highest BCUT2D eigenvalue weighted by molar-refractivity contribution is 5.79. The maximum absolute atomic E-state index is 12.2. The van der Waals surface area contributed by atoms with Crippen molar-refractivity contribution in [1.82, 2.24) is 15.1 Å². The van der Waals surface area contributed by atoms with Crippen LogP contribution in [-0.4, -0.2) is 21.7 Å². The lowest BCUT2D eigenvalue weighted by atomic mass is 9.90. The minimum atomic E-state index is -0.0240. The molecule has 5 heteroatoms. The Morgan fingerprint density at radius 2 is 1.82 bits per heavy atom. The van der Waals surface area contributed by atoms with Gasteiger partial charge in [0.15, 0.2) is 0 Å². The second kappa shape index (κ2) is 6.63. The lowest BCUT2D eigenvalue weighted by Crippen LogP contribution is -2.41. The van der Waals surface area contributed by atoms with Crippen molar-refractivity contribution >= 4 is 5.91 Å². The zero-order valence-electron chi connectivity index (χ0n) is 13.3. The molecule has 1 amide bonds. The molecule has 0 atom stereocenters. The van der Waals surface area contributed by atoms with Crippen LogP contribution in [0.2, 0.25) is 0 Å². The van der Waals surface area contributed by atoms with Gasteiger partial charge in [0.1, 0.15) is 0 Å². The van der Waals surface area contributed by atoms with Crippen LogP contribution in [0.3, 0.4) is 0 Å². The van der Waals surface area contributed by atoms with Gasteiger partial charge >= 0.3 is 0 Å². The number of nitrogens with zero attached hydrogens (tertiary/aromatic N) is 2. The van der Waals surface area contributed by atoms with Crippen molar-refractivity contribution in [3.05, 3.63) is 28.2 Å². The predicted molar refractivity (Wildman–Crippen MR) is 84.6 cm³/mol. The van der Waals surface area contributed by atoms with Crippen LogP contribution < -0.4 is 10.9 Å². The molecule has 0 aromatic carbocycles. The quantitative estimate of drug-likeness (QED) is 0.932. The molecule has 0 aliphatic heterocycles. The number of aryl methyl sites for hydroxylation is 1. The highest BCUT2D eigenvalue weighted by Gasteiger charge is 2.28. The van der Waals surface area contributed by atoms with Crippen LogP contribution in [0, 0.1) is 12.8 Å². The smallest absolute Gasteiger partial charge is 0.267 e. The molecule has 2 aliphatic rings. The van der Waals surface area contributed by atoms with Crippen molar-refractivity contribution < 1.29 is 4.79 Å². The summed E-state index contributed by atoms with van der Waals surface area (Å²) in [7, 11) is 0. The molecule has 120 valence electrons. The van der Waals surface area contributed by atoms with Crippen molar-refractivity contribution in [3.8, 4) is 0 Å². The van der Waals surface area contributed by atoms with Gasteiger partial charge < -0.3 is 5.32 Å². The van der Waals surface area contributed by atoms with Gasteiger partial charge in [0.2, 0.25) is 5.91 Å². The third-order valence-electron chi connectivity index (χ3n) is 5.07. The molecule has 3 rings (SSSR count). The van der Waals surface area contributed by atoms with E-state index in [0.717, 1.165) is 44.2 Å². The Balaban J connectivity index is 1.55. The zero-order valence-corrected chi connectivity index (χ0v) is 13.3. The van der Waals surface area contributed by atoms with Crippen LogP contribution >= 0.6 is 0 Å². The van der Waals surface area contributed by atoms with E-state index in [9.17, 15) is 9.59 Å². The van der Waals surface area contributed by atoms with Crippen molar-refractivity contribution in [2.75, 3.05) is 0 Å². The van der Waals surface area contributed by atoms with E-state index in [4.69, 9.17) is 0 Å². The standard InChI is InChI=1S/C17H25N3O2/c1-12-6-11-16(21)20(19-12)15-9-7-14(8-10-15)18-17(22)13-4-2-3-5-13/h6,11,13-15H,2-5,7-10H2,1H3,(H,18,22). The number of nitrogens with one attached hydrogen (secondary N) is 1. The normalized spacial score (nSPS) is 26.0. The van der Waals surface area contributed by atoms with E-state index in [2.05, 4.69) is 10.4 Å². The van der Waals surface area contributed by atoms with E-state index in [-0.39, 0.29) is 29.5 Å². The lowest BCUT2D eigenvalue weighted by Gasteiger charge is -2.30. The summed E-state index contributed by atoms with van der Waals surface area (Å²) in [5.41, 5.74) is 0.848. The second-order valence-corrected chi connectivity index (χ2v) is 6.75. The SMILES string of the molecule is Cc1ccc(=O)n(C2CCC(NC(=O)C3CCCC3)CC2)n1. The monoisotopic (exact) mass is 303 g/mol. The first-order chi connectivity index (χ1) is 10.6. The van der Waals surface area contributed by atoms with Gasteiger partial charge in [-0.1, -0.05) is 12.8 Å². The number of carbonyl (C=O) groups is 1. The molecule has 22 heavy (non-hydrogen) atoms. The van der Waals surface area contributed by atoms with Gasteiger partial charge in [-0.3, -0.25) is 9.59 Å². The van der Waals surface area contributed by atoms with Crippen molar-refractivity contribution in [1.29, 1.82) is 0 Å². The third kappa shape index (κ3) is 3.39. The Hall–Kier alpha value is -1.65. The van der Waals surface area contributed by atoms with Crippen molar-refractivity contribution in [3.63, 3.8) is 0 Å². The fourth-order valence-electron chi connectivity index (χ4n) is 3.75. The summed E-state index contributed by atoms with van der Waals surface area (Å²) in [5.74, 6) is 0.477. The van der Waals surface area contributed by atoms with E-state index in [1.54, 1.807) is 16.8 Å². The van der Waals surface area contributed by atoms with E-state index in [1.165, 1.54) is 12.8 Å². The molecule has 1 aromatic heterocycles. The fourth-order valence-corrected chi connectivity index (χ4v) is 3.75. The van der Waals surface area contributed by atoms with Crippen molar-refractivity contribution in [2.45, 2.75) is 70.4 Å². The van der Waals surface area contributed by atoms with Crippen LogP contribution in [0.25, 0.3) is 0 Å². The molecule has 2 saturated carbocycles. The minimum absolute atomic E-state index is 0.0240. The summed E-state index contributed by atoms with van der Waals surface area (Å²) in [4.78, 5) is 24.1. The highest BCUT2D eigenvalue weighted by Crippen LogP contribution is 2.29. The van der Waals surface area contributed by atoms with Crippen LogP contribution in [0.1, 0.15) is 63.1 Å². The van der Waals surface area contributed by atoms with E-state index >= 15 is 0 Å². The number of aromatic nitrogens is 2. The van der Waals surface area contributed by atoms with Crippen molar-refractivity contribution in [2.24, 2.45) is 5.92 Å². The van der Waals surface area contributed by atoms with Gasteiger partial charge in [-0.05, 0) is 51.5 Å². The molecule has 2 fully saturated rings. The number of carbonyl (C=O) groups excluding carboxylic acids is 1. The summed E-state index contributed by atoms with van der Waals surface area (Å²) in [6, 6.07) is 3.79. The Bertz CT molecular complexity index is 582. The summed E-state index contributed by atoms with van der Waals surface area (Å²) in [6.07, 6.45) is 8.15. The van der Waals surface area contributed by atoms with Gasteiger partial charge in [0, 0.05) is 18.0 Å². The molecule has 5 nitrogen and oxygen atoms in total. The summed E-state index contributed by atoms with van der Waals surface area (Å²) in [5, 5.41) is 7.57. The minimum Gasteiger partial charge on any atom is -0.353 e. The van der Waals surface area contributed by atoms with E-state index in [0.29, 0.717) is 0 Å². The van der Waals surface area contributed by atoms with Gasteiger partial charge in [0.05, 0.1) is 11.7 Å². The molecule has 1 N–H and O–H groups in total. The van der Waals surface area contributed by atoms with Gasteiger partial charge in [-0.25, -0.2) is 4.68 Å². The molecule has 0 saturated heterocycles. The molecule has 2 aliphatic carbocycles. The summed E-state index contributed by atoms with van der Waals surface area (Å²) in [6.45, 7) is 1.91. The number of hydrogen-bond acceptors (Lipinski definition) is 3. The average Bonchev–Trinajstić information content (AvgIpc) is 3.05. The first-order valence-corrected chi connectivity index (χ1v) is 8.50. The first-order valence-electron chi connectivity index (χ1n) is 8.50. The fraction of sp³-hybridized carbons (Fsp3) is 0.706. The Labute approximate surface area is 131 Å². The number of hydrogen-bond donors (Lipinski definition) is 1. The summed E-state index contributed by atoms with van der Waals surface area (Å²) < 4.78 is 1.63. The molecule has 0 spiro atoms. The van der Waals surface area contributed by atoms with E-state index in [1.807, 2.05) is 6.92 Å². The molecular formula is C17H25N3O2. The van der Waals surface area contributed by atoms with Gasteiger partial charge in [-0.2, -0.15) is 5.10 Å². The maximum Gasteiger partial charge on any atom is 0.267 e. The Kier molecular flexibility index (Phi) is 4.60. The number of rotatable bonds is 3. The van der Waals surface area contributed by atoms with Crippen LogP contribution in [0.4, 0.5) is 0 Å². The molecule has 1 heterocycles. The van der Waals surface area contributed by atoms with E-state index < -0.39 is 0 Å². The van der Waals surface area contributed by atoms with Gasteiger partial charge in [-0.15, -0.1) is 0 Å². The average molecular weight is 303 g/mol. The second-order valence-electron chi connectivity index (χ2n) is 6.75. The molecule has 1 aromatic rings. The largest absolute Gasteiger partial charge is 0.353 e. The Morgan fingerprint density at radius 3 is 2.50 bits per heavy atom. The Morgan fingerprint density at radius 1 is 1.14 bits per heavy atom. The zero-order chi connectivity index (χ0) is 15.5. The molecule has 0 unspecified atom stereocenters. The number of amides is 1. The van der Waals surface area contributed by atoms with Crippen LogP contribution in [0.15, 0.2) is 16.9 Å². The van der Waals surface area contributed by atoms with Crippen LogP contribution in [-0.2, 0) is 4.79 Å². The molecule has 0 bridgehead atoms. The lowest BCUT2D eigenvalue weighted by molar-refractivity contribution is -0.125. The van der Waals surface area contributed by atoms with Crippen LogP contribution in [0.5, 0.6) is 0 Å². The predicted octanol–water partition coefficient (Wildman–Crippen LogP) is 2.34. The molecular weight excluding hydrogens is 278 g/mol. The third-order valence-corrected chi connectivity index (χ3v) is 5.07. The topological polar surface area (TPSA) is 64.0 Å². The first kappa shape index (κ1) is 15.3. The van der Waals surface area contributed by atoms with Gasteiger partial charge in [0.25, 0.3) is 5.56 Å². The highest BCUT2D eigenvalue weighted by atomic mass is 16.2. The summed E-state index contributed by atoms with van der Waals surface area (Å²) >= 11 is 0.